The van der Waals surface area contributed by atoms with Crippen LogP contribution in [0.5, 0.6) is 0 Å². The molecule has 0 aliphatic carbocycles. The second-order valence-corrected chi connectivity index (χ2v) is 4.87. The summed E-state index contributed by atoms with van der Waals surface area (Å²) in [4.78, 5) is 10.8. The third-order valence-electron chi connectivity index (χ3n) is 3.63. The first-order valence-corrected chi connectivity index (χ1v) is 5.48. The SMILES string of the molecule is CC(O)(C=O)C1CCOC2(CCOC2)C1. The van der Waals surface area contributed by atoms with Crippen LogP contribution in [0, 0.1) is 5.92 Å². The van der Waals surface area contributed by atoms with E-state index in [1.54, 1.807) is 6.92 Å². The molecular formula is C11H18O4. The van der Waals surface area contributed by atoms with Crippen molar-refractivity contribution >= 4 is 6.29 Å². The van der Waals surface area contributed by atoms with Gasteiger partial charge < -0.3 is 19.4 Å². The van der Waals surface area contributed by atoms with Crippen molar-refractivity contribution in [3.63, 3.8) is 0 Å². The van der Waals surface area contributed by atoms with Crippen molar-refractivity contribution in [3.8, 4) is 0 Å². The summed E-state index contributed by atoms with van der Waals surface area (Å²) >= 11 is 0. The van der Waals surface area contributed by atoms with Gasteiger partial charge in [0, 0.05) is 19.6 Å². The van der Waals surface area contributed by atoms with E-state index in [0.29, 0.717) is 19.5 Å². The summed E-state index contributed by atoms with van der Waals surface area (Å²) in [5.41, 5.74) is -1.46. The van der Waals surface area contributed by atoms with Crippen LogP contribution in [0.15, 0.2) is 0 Å². The topological polar surface area (TPSA) is 55.8 Å². The molecule has 15 heavy (non-hydrogen) atoms. The molecule has 86 valence electrons. The van der Waals surface area contributed by atoms with E-state index in [4.69, 9.17) is 9.47 Å². The second-order valence-electron chi connectivity index (χ2n) is 4.87. The first kappa shape index (κ1) is 11.0. The van der Waals surface area contributed by atoms with Crippen LogP contribution >= 0.6 is 0 Å². The molecule has 3 atom stereocenters. The minimum absolute atomic E-state index is 0.00884. The van der Waals surface area contributed by atoms with E-state index in [1.807, 2.05) is 0 Å². The fourth-order valence-electron chi connectivity index (χ4n) is 2.49. The Hall–Kier alpha value is -0.450. The zero-order valence-corrected chi connectivity index (χ0v) is 9.07. The lowest BCUT2D eigenvalue weighted by Crippen LogP contribution is -2.48. The standard InChI is InChI=1S/C11H18O4/c1-10(13,7-12)9-2-4-15-11(6-9)3-5-14-8-11/h7,9,13H,2-6,8H2,1H3. The summed E-state index contributed by atoms with van der Waals surface area (Å²) in [6.07, 6.45) is 2.98. The Morgan fingerprint density at radius 1 is 1.53 bits per heavy atom. The third-order valence-corrected chi connectivity index (χ3v) is 3.63. The fourth-order valence-corrected chi connectivity index (χ4v) is 2.49. The first-order valence-electron chi connectivity index (χ1n) is 5.48. The Morgan fingerprint density at radius 2 is 2.33 bits per heavy atom. The van der Waals surface area contributed by atoms with Crippen LogP contribution < -0.4 is 0 Å². The average Bonchev–Trinajstić information content (AvgIpc) is 2.66. The smallest absolute Gasteiger partial charge is 0.151 e. The average molecular weight is 214 g/mol. The predicted octanol–water partition coefficient (Wildman–Crippen LogP) is 0.522. The van der Waals surface area contributed by atoms with Gasteiger partial charge in [-0.25, -0.2) is 0 Å². The van der Waals surface area contributed by atoms with Crippen molar-refractivity contribution in [3.05, 3.63) is 0 Å². The van der Waals surface area contributed by atoms with Gasteiger partial charge in [0.2, 0.25) is 0 Å². The Balaban J connectivity index is 2.07. The maximum Gasteiger partial charge on any atom is 0.151 e. The molecule has 0 aromatic carbocycles. The van der Waals surface area contributed by atoms with Gasteiger partial charge in [-0.1, -0.05) is 0 Å². The fraction of sp³-hybridized carbons (Fsp3) is 0.909. The molecule has 0 aromatic rings. The van der Waals surface area contributed by atoms with Crippen molar-refractivity contribution in [2.75, 3.05) is 19.8 Å². The Labute approximate surface area is 89.6 Å². The van der Waals surface area contributed by atoms with Crippen LogP contribution in [-0.4, -0.2) is 42.4 Å². The van der Waals surface area contributed by atoms with E-state index in [1.165, 1.54) is 0 Å². The van der Waals surface area contributed by atoms with Gasteiger partial charge in [-0.15, -0.1) is 0 Å². The molecule has 2 rings (SSSR count). The lowest BCUT2D eigenvalue weighted by molar-refractivity contribution is -0.149. The molecule has 0 bridgehead atoms. The predicted molar refractivity (Wildman–Crippen MR) is 53.5 cm³/mol. The summed E-state index contributed by atoms with van der Waals surface area (Å²) in [6, 6.07) is 0. The Morgan fingerprint density at radius 3 is 2.93 bits per heavy atom. The van der Waals surface area contributed by atoms with Crippen LogP contribution in [0.4, 0.5) is 0 Å². The van der Waals surface area contributed by atoms with Crippen LogP contribution in [-0.2, 0) is 14.3 Å². The molecule has 3 unspecified atom stereocenters. The molecule has 4 nitrogen and oxygen atoms in total. The van der Waals surface area contributed by atoms with Gasteiger partial charge in [0.15, 0.2) is 6.29 Å². The summed E-state index contributed by atoms with van der Waals surface area (Å²) < 4.78 is 11.1. The summed E-state index contributed by atoms with van der Waals surface area (Å²) in [5.74, 6) is -0.00884. The maximum absolute atomic E-state index is 10.8. The van der Waals surface area contributed by atoms with Gasteiger partial charge in [0.05, 0.1) is 12.2 Å². The normalized spacial score (nSPS) is 40.3. The molecule has 1 N–H and O–H groups in total. The van der Waals surface area contributed by atoms with E-state index >= 15 is 0 Å². The van der Waals surface area contributed by atoms with Crippen molar-refractivity contribution in [1.29, 1.82) is 0 Å². The lowest BCUT2D eigenvalue weighted by Gasteiger charge is -2.41. The van der Waals surface area contributed by atoms with Gasteiger partial charge in [0.25, 0.3) is 0 Å². The highest BCUT2D eigenvalue weighted by molar-refractivity contribution is 5.61. The van der Waals surface area contributed by atoms with Crippen molar-refractivity contribution < 1.29 is 19.4 Å². The highest BCUT2D eigenvalue weighted by Gasteiger charge is 2.46. The highest BCUT2D eigenvalue weighted by Crippen LogP contribution is 2.39. The molecular weight excluding hydrogens is 196 g/mol. The second kappa shape index (κ2) is 3.85. The molecule has 4 heteroatoms. The van der Waals surface area contributed by atoms with E-state index in [2.05, 4.69) is 0 Å². The Bertz CT molecular complexity index is 243. The Kier molecular flexibility index (Phi) is 2.83. The van der Waals surface area contributed by atoms with Gasteiger partial charge >= 0.3 is 0 Å². The minimum Gasteiger partial charge on any atom is -0.382 e. The molecule has 1 spiro atoms. The van der Waals surface area contributed by atoms with Crippen LogP contribution in [0.2, 0.25) is 0 Å². The van der Waals surface area contributed by atoms with E-state index < -0.39 is 5.60 Å². The van der Waals surface area contributed by atoms with Gasteiger partial charge in [-0.2, -0.15) is 0 Å². The summed E-state index contributed by atoms with van der Waals surface area (Å²) in [7, 11) is 0. The number of aliphatic hydroxyl groups is 1. The monoisotopic (exact) mass is 214 g/mol. The van der Waals surface area contributed by atoms with Crippen molar-refractivity contribution in [1.82, 2.24) is 0 Å². The van der Waals surface area contributed by atoms with Gasteiger partial charge in [-0.3, -0.25) is 0 Å². The van der Waals surface area contributed by atoms with Crippen LogP contribution in [0.1, 0.15) is 26.2 Å². The van der Waals surface area contributed by atoms with Crippen molar-refractivity contribution in [2.24, 2.45) is 5.92 Å². The largest absolute Gasteiger partial charge is 0.382 e. The zero-order chi connectivity index (χ0) is 10.9. The summed E-state index contributed by atoms with van der Waals surface area (Å²) in [5, 5.41) is 9.93. The van der Waals surface area contributed by atoms with Crippen LogP contribution in [0.3, 0.4) is 0 Å². The summed E-state index contributed by atoms with van der Waals surface area (Å²) in [6.45, 7) is 3.51. The highest BCUT2D eigenvalue weighted by atomic mass is 16.6. The quantitative estimate of drug-likeness (QED) is 0.681. The molecule has 0 aromatic heterocycles. The number of rotatable bonds is 2. The number of hydrogen-bond donors (Lipinski definition) is 1. The maximum atomic E-state index is 10.8. The first-order chi connectivity index (χ1) is 7.08. The molecule has 0 amide bonds. The number of carbonyl (C=O) groups excluding carboxylic acids is 1. The molecule has 0 radical (unpaired) electrons. The van der Waals surface area contributed by atoms with Gasteiger partial charge in [0.1, 0.15) is 5.60 Å². The van der Waals surface area contributed by atoms with E-state index in [9.17, 15) is 9.90 Å². The van der Waals surface area contributed by atoms with Crippen molar-refractivity contribution in [2.45, 2.75) is 37.4 Å². The molecule has 2 saturated heterocycles. The number of aldehydes is 1. The van der Waals surface area contributed by atoms with Gasteiger partial charge in [-0.05, 0) is 25.7 Å². The lowest BCUT2D eigenvalue weighted by atomic mass is 9.77. The third kappa shape index (κ3) is 2.07. The number of hydrogen-bond acceptors (Lipinski definition) is 4. The molecule has 0 saturated carbocycles. The van der Waals surface area contributed by atoms with E-state index in [-0.39, 0.29) is 11.5 Å². The number of carbonyl (C=O) groups is 1. The molecule has 2 aliphatic heterocycles. The molecule has 2 fully saturated rings. The van der Waals surface area contributed by atoms with E-state index in [0.717, 1.165) is 25.9 Å². The zero-order valence-electron chi connectivity index (χ0n) is 9.07. The number of ether oxygens (including phenoxy) is 2. The van der Waals surface area contributed by atoms with Crippen LogP contribution in [0.25, 0.3) is 0 Å². The minimum atomic E-state index is -1.22. The molecule has 2 aliphatic rings. The molecule has 2 heterocycles.